The van der Waals surface area contributed by atoms with E-state index in [2.05, 4.69) is 10.6 Å². The average molecular weight is 272 g/mol. The van der Waals surface area contributed by atoms with E-state index in [1.807, 2.05) is 13.8 Å². The number of carboxylic acids is 1. The Bertz CT molecular complexity index is 351. The molecule has 0 aliphatic rings. The molecule has 0 spiro atoms. The number of aliphatic carboxylic acids is 1. The SMILES string of the molecule is CC(C)NC(=O)C(C)NC(=O)CC(C)(C)CC(=O)O. The quantitative estimate of drug-likeness (QED) is 0.642. The van der Waals surface area contributed by atoms with Gasteiger partial charge < -0.3 is 15.7 Å². The summed E-state index contributed by atoms with van der Waals surface area (Å²) in [5.41, 5.74) is -0.635. The highest BCUT2D eigenvalue weighted by Crippen LogP contribution is 2.24. The van der Waals surface area contributed by atoms with Crippen LogP contribution >= 0.6 is 0 Å². The lowest BCUT2D eigenvalue weighted by atomic mass is 9.85. The molecule has 0 aromatic rings. The predicted octanol–water partition coefficient (Wildman–Crippen LogP) is 0.907. The zero-order valence-corrected chi connectivity index (χ0v) is 12.2. The van der Waals surface area contributed by atoms with Gasteiger partial charge in [0.2, 0.25) is 11.8 Å². The molecule has 0 aromatic heterocycles. The van der Waals surface area contributed by atoms with Crippen molar-refractivity contribution in [1.82, 2.24) is 10.6 Å². The van der Waals surface area contributed by atoms with E-state index < -0.39 is 17.4 Å². The molecule has 0 fully saturated rings. The van der Waals surface area contributed by atoms with Crippen LogP contribution in [0, 0.1) is 5.41 Å². The third-order valence-corrected chi connectivity index (χ3v) is 2.47. The van der Waals surface area contributed by atoms with Crippen molar-refractivity contribution >= 4 is 17.8 Å². The monoisotopic (exact) mass is 272 g/mol. The van der Waals surface area contributed by atoms with E-state index in [1.165, 1.54) is 0 Å². The van der Waals surface area contributed by atoms with Gasteiger partial charge in [0.05, 0.1) is 6.42 Å². The summed E-state index contributed by atoms with van der Waals surface area (Å²) in [6.07, 6.45) is -0.0222. The first kappa shape index (κ1) is 17.4. The van der Waals surface area contributed by atoms with Crippen molar-refractivity contribution in [3.05, 3.63) is 0 Å². The van der Waals surface area contributed by atoms with Crippen molar-refractivity contribution in [2.24, 2.45) is 5.41 Å². The standard InChI is InChI=1S/C13H24N2O4/c1-8(2)14-12(19)9(3)15-10(16)6-13(4,5)7-11(17)18/h8-9H,6-7H2,1-5H3,(H,14,19)(H,15,16)(H,17,18). The summed E-state index contributed by atoms with van der Waals surface area (Å²) < 4.78 is 0. The number of carboxylic acid groups (broad SMARTS) is 1. The number of carbonyl (C=O) groups excluding carboxylic acids is 2. The Morgan fingerprint density at radius 1 is 1.05 bits per heavy atom. The van der Waals surface area contributed by atoms with E-state index in [0.717, 1.165) is 0 Å². The third-order valence-electron chi connectivity index (χ3n) is 2.47. The number of amides is 2. The van der Waals surface area contributed by atoms with Gasteiger partial charge >= 0.3 is 5.97 Å². The van der Waals surface area contributed by atoms with Crippen LogP contribution in [0.3, 0.4) is 0 Å². The highest BCUT2D eigenvalue weighted by Gasteiger charge is 2.26. The van der Waals surface area contributed by atoms with Crippen molar-refractivity contribution in [3.8, 4) is 0 Å². The fraction of sp³-hybridized carbons (Fsp3) is 0.769. The summed E-state index contributed by atoms with van der Waals surface area (Å²) in [4.78, 5) is 34.0. The minimum Gasteiger partial charge on any atom is -0.481 e. The molecule has 19 heavy (non-hydrogen) atoms. The molecular weight excluding hydrogens is 248 g/mol. The number of nitrogens with one attached hydrogen (secondary N) is 2. The van der Waals surface area contributed by atoms with Gasteiger partial charge in [-0.3, -0.25) is 14.4 Å². The first-order chi connectivity index (χ1) is 8.53. The lowest BCUT2D eigenvalue weighted by Crippen LogP contribution is -2.47. The molecule has 3 N–H and O–H groups in total. The van der Waals surface area contributed by atoms with E-state index in [4.69, 9.17) is 5.11 Å². The van der Waals surface area contributed by atoms with Crippen molar-refractivity contribution < 1.29 is 19.5 Å². The first-order valence-electron chi connectivity index (χ1n) is 6.35. The van der Waals surface area contributed by atoms with Crippen LogP contribution in [0.15, 0.2) is 0 Å². The molecule has 110 valence electrons. The van der Waals surface area contributed by atoms with E-state index in [1.54, 1.807) is 20.8 Å². The number of hydrogen-bond acceptors (Lipinski definition) is 3. The fourth-order valence-corrected chi connectivity index (χ4v) is 1.67. The maximum absolute atomic E-state index is 11.8. The van der Waals surface area contributed by atoms with Crippen LogP contribution in [0.2, 0.25) is 0 Å². The largest absolute Gasteiger partial charge is 0.481 e. The van der Waals surface area contributed by atoms with Crippen LogP contribution in [0.5, 0.6) is 0 Å². The van der Waals surface area contributed by atoms with Gasteiger partial charge in [0.15, 0.2) is 0 Å². The van der Waals surface area contributed by atoms with Gasteiger partial charge in [0.25, 0.3) is 0 Å². The predicted molar refractivity (Wildman–Crippen MR) is 71.5 cm³/mol. The molecule has 0 bridgehead atoms. The summed E-state index contributed by atoms with van der Waals surface area (Å²) in [7, 11) is 0. The third kappa shape index (κ3) is 8.18. The molecule has 2 amide bonds. The average Bonchev–Trinajstić information content (AvgIpc) is 2.12. The fourth-order valence-electron chi connectivity index (χ4n) is 1.67. The Morgan fingerprint density at radius 2 is 1.58 bits per heavy atom. The van der Waals surface area contributed by atoms with E-state index >= 15 is 0 Å². The highest BCUT2D eigenvalue weighted by atomic mass is 16.4. The summed E-state index contributed by atoms with van der Waals surface area (Å²) in [5, 5.41) is 14.0. The summed E-state index contributed by atoms with van der Waals surface area (Å²) in [6.45, 7) is 8.68. The van der Waals surface area contributed by atoms with Gasteiger partial charge in [-0.2, -0.15) is 0 Å². The van der Waals surface area contributed by atoms with E-state index in [0.29, 0.717) is 0 Å². The number of carbonyl (C=O) groups is 3. The second-order valence-corrected chi connectivity index (χ2v) is 5.86. The summed E-state index contributed by atoms with van der Waals surface area (Å²) in [5.74, 6) is -1.51. The molecule has 0 rings (SSSR count). The first-order valence-corrected chi connectivity index (χ1v) is 6.35. The van der Waals surface area contributed by atoms with Crippen molar-refractivity contribution in [2.75, 3.05) is 0 Å². The molecule has 6 heteroatoms. The van der Waals surface area contributed by atoms with Crippen LogP contribution in [0.25, 0.3) is 0 Å². The molecule has 1 atom stereocenters. The van der Waals surface area contributed by atoms with Crippen LogP contribution in [0.4, 0.5) is 0 Å². The zero-order valence-electron chi connectivity index (χ0n) is 12.2. The Kier molecular flexibility index (Phi) is 6.52. The second-order valence-electron chi connectivity index (χ2n) is 5.86. The molecular formula is C13H24N2O4. The van der Waals surface area contributed by atoms with Crippen LogP contribution in [-0.4, -0.2) is 35.0 Å². The summed E-state index contributed by atoms with van der Waals surface area (Å²) in [6, 6.07) is -0.620. The van der Waals surface area contributed by atoms with Gasteiger partial charge in [-0.25, -0.2) is 0 Å². The molecule has 0 aliphatic carbocycles. The van der Waals surface area contributed by atoms with Crippen LogP contribution in [-0.2, 0) is 14.4 Å². The molecule has 0 saturated heterocycles. The molecule has 0 aromatic carbocycles. The van der Waals surface area contributed by atoms with Crippen LogP contribution in [0.1, 0.15) is 47.5 Å². The molecule has 0 aliphatic heterocycles. The van der Waals surface area contributed by atoms with E-state index in [-0.39, 0.29) is 30.7 Å². The maximum atomic E-state index is 11.8. The molecule has 0 saturated carbocycles. The van der Waals surface area contributed by atoms with Crippen molar-refractivity contribution in [1.29, 1.82) is 0 Å². The number of rotatable bonds is 7. The van der Waals surface area contributed by atoms with Gasteiger partial charge in [-0.05, 0) is 26.2 Å². The Balaban J connectivity index is 4.31. The van der Waals surface area contributed by atoms with Gasteiger partial charge in [0, 0.05) is 12.5 Å². The number of hydrogen-bond donors (Lipinski definition) is 3. The van der Waals surface area contributed by atoms with Crippen LogP contribution < -0.4 is 10.6 Å². The Hall–Kier alpha value is -1.59. The van der Waals surface area contributed by atoms with Gasteiger partial charge in [0.1, 0.15) is 6.04 Å². The van der Waals surface area contributed by atoms with Crippen molar-refractivity contribution in [3.63, 3.8) is 0 Å². The van der Waals surface area contributed by atoms with E-state index in [9.17, 15) is 14.4 Å². The lowest BCUT2D eigenvalue weighted by molar-refractivity contribution is -0.140. The minimum absolute atomic E-state index is 0.00954. The van der Waals surface area contributed by atoms with Gasteiger partial charge in [-0.15, -0.1) is 0 Å². The summed E-state index contributed by atoms with van der Waals surface area (Å²) >= 11 is 0. The lowest BCUT2D eigenvalue weighted by Gasteiger charge is -2.23. The second kappa shape index (κ2) is 7.11. The Morgan fingerprint density at radius 3 is 2.00 bits per heavy atom. The zero-order chi connectivity index (χ0) is 15.2. The molecule has 6 nitrogen and oxygen atoms in total. The highest BCUT2D eigenvalue weighted by molar-refractivity contribution is 5.87. The molecule has 0 radical (unpaired) electrons. The Labute approximate surface area is 113 Å². The molecule has 0 heterocycles. The van der Waals surface area contributed by atoms with Crippen molar-refractivity contribution in [2.45, 2.75) is 59.5 Å². The van der Waals surface area contributed by atoms with Gasteiger partial charge in [-0.1, -0.05) is 13.8 Å². The topological polar surface area (TPSA) is 95.5 Å². The smallest absolute Gasteiger partial charge is 0.303 e. The molecule has 1 unspecified atom stereocenters. The normalized spacial score (nSPS) is 12.9. The minimum atomic E-state index is -0.941. The maximum Gasteiger partial charge on any atom is 0.303 e.